The number of fused-ring (bicyclic) bond motifs is 2. The fraction of sp³-hybridized carbons (Fsp3) is 0.0217. The Balaban J connectivity index is 1.05. The summed E-state index contributed by atoms with van der Waals surface area (Å²) in [6.07, 6.45) is 4.18. The van der Waals surface area contributed by atoms with E-state index in [4.69, 9.17) is 11.5 Å². The molecule has 2 aliphatic carbocycles. The second-order valence-corrected chi connectivity index (χ2v) is 19.5. The summed E-state index contributed by atoms with van der Waals surface area (Å²) in [4.78, 5) is 34.0. The number of aryl methyl sites for hydroxylation is 1. The number of hydrogen-bond donors (Lipinski definition) is 4. The summed E-state index contributed by atoms with van der Waals surface area (Å²) >= 11 is 0. The van der Waals surface area contributed by atoms with Crippen molar-refractivity contribution in [3.05, 3.63) is 149 Å². The second kappa shape index (κ2) is 19.1. The van der Waals surface area contributed by atoms with Gasteiger partial charge in [0.2, 0.25) is 5.78 Å². The Bertz CT molecular complexity index is 3920. The van der Waals surface area contributed by atoms with Gasteiger partial charge in [0, 0.05) is 21.9 Å². The van der Waals surface area contributed by atoms with E-state index < -0.39 is 90.7 Å². The number of Topliss-reactive ketones (excluding diaryl/α,β-unsaturated/α-hetero) is 1. The molecular formula is C46H30N10O13S3-4. The minimum absolute atomic E-state index is 0.0172. The number of ketones is 2. The lowest BCUT2D eigenvalue weighted by atomic mass is 9.94. The van der Waals surface area contributed by atoms with Crippen molar-refractivity contribution in [1.82, 2.24) is 0 Å². The van der Waals surface area contributed by atoms with Gasteiger partial charge in [-0.1, -0.05) is 48.5 Å². The lowest BCUT2D eigenvalue weighted by Crippen LogP contribution is -2.29. The molecule has 364 valence electrons. The third-order valence-electron chi connectivity index (χ3n) is 10.8. The predicted octanol–water partition coefficient (Wildman–Crippen LogP) is 5.75. The quantitative estimate of drug-likeness (QED) is 0.0267. The number of aliphatic carboxylic acids is 1. The molecule has 72 heavy (non-hydrogen) atoms. The smallest absolute Gasteiger partial charge is 0.215 e. The lowest BCUT2D eigenvalue weighted by molar-refractivity contribution is -0.298. The first-order valence-electron chi connectivity index (χ1n) is 20.4. The molecule has 0 heterocycles. The van der Waals surface area contributed by atoms with E-state index >= 15 is 0 Å². The monoisotopic (exact) mass is 1030 g/mol. The number of nitrogens with zero attached hydrogens (tertiary/aromatic N) is 6. The van der Waals surface area contributed by atoms with Crippen LogP contribution in [0.4, 0.5) is 45.5 Å². The van der Waals surface area contributed by atoms with Crippen molar-refractivity contribution in [3.8, 4) is 11.1 Å². The van der Waals surface area contributed by atoms with Crippen LogP contribution in [0.2, 0.25) is 0 Å². The predicted molar refractivity (Wildman–Crippen MR) is 258 cm³/mol. The van der Waals surface area contributed by atoms with Crippen LogP contribution in [0.3, 0.4) is 0 Å². The second-order valence-electron chi connectivity index (χ2n) is 15.4. The zero-order chi connectivity index (χ0) is 51.9. The molecule has 0 saturated heterocycles. The molecule has 0 aliphatic heterocycles. The van der Waals surface area contributed by atoms with E-state index in [0.717, 1.165) is 41.5 Å². The molecule has 0 unspecified atom stereocenters. The van der Waals surface area contributed by atoms with Crippen molar-refractivity contribution in [3.63, 3.8) is 0 Å². The van der Waals surface area contributed by atoms with Gasteiger partial charge in [0.25, 0.3) is 0 Å². The van der Waals surface area contributed by atoms with Gasteiger partial charge in [0.1, 0.15) is 53.1 Å². The van der Waals surface area contributed by atoms with Gasteiger partial charge >= 0.3 is 0 Å². The molecule has 6 aromatic carbocycles. The SMILES string of the molecule is Cc1cc(N=Nc2cc3c(cc2S(=O)(=O)[O-])C=C(S(=O)(=O)[O-])C(=NNc2ccc(S(=O)(=O)[O-])c4ccccc24)C3=O)c(N)c(N=Nc2ccc(-c3ccc(NN=C4C=CC(=O)C(C(=O)[O-])=C4)cc3)cc2)c1N. The van der Waals surface area contributed by atoms with E-state index in [-0.39, 0.29) is 44.9 Å². The Labute approximate surface area is 407 Å². The molecule has 0 saturated carbocycles. The maximum absolute atomic E-state index is 14.0. The highest BCUT2D eigenvalue weighted by molar-refractivity contribution is 7.91. The Hall–Kier alpha value is -8.92. The van der Waals surface area contributed by atoms with Crippen molar-refractivity contribution in [2.45, 2.75) is 16.7 Å². The van der Waals surface area contributed by atoms with Crippen molar-refractivity contribution < 1.29 is 58.4 Å². The number of nitrogens with one attached hydrogen (secondary N) is 2. The zero-order valence-electron chi connectivity index (χ0n) is 36.5. The number of carbonyl (C=O) groups is 3. The van der Waals surface area contributed by atoms with Gasteiger partial charge in [-0.05, 0) is 108 Å². The average molecular weight is 1030 g/mol. The van der Waals surface area contributed by atoms with E-state index in [1.54, 1.807) is 55.5 Å². The van der Waals surface area contributed by atoms with Crippen LogP contribution in [-0.4, -0.2) is 67.9 Å². The topological polar surface area (TPSA) is 396 Å². The number of nitrogen functional groups attached to an aromatic ring is 2. The number of carbonyl (C=O) groups excluding carboxylic acids is 3. The Morgan fingerprint density at radius 2 is 1.26 bits per heavy atom. The molecule has 26 heteroatoms. The van der Waals surface area contributed by atoms with E-state index in [2.05, 4.69) is 41.5 Å². The minimum atomic E-state index is -5.53. The molecule has 0 amide bonds. The number of rotatable bonds is 13. The third kappa shape index (κ3) is 10.3. The molecule has 8 rings (SSSR count). The van der Waals surface area contributed by atoms with Gasteiger partial charge < -0.3 is 35.0 Å². The first kappa shape index (κ1) is 49.5. The Kier molecular flexibility index (Phi) is 13.1. The highest BCUT2D eigenvalue weighted by atomic mass is 32.2. The zero-order valence-corrected chi connectivity index (χ0v) is 38.9. The van der Waals surface area contributed by atoms with E-state index in [1.165, 1.54) is 36.4 Å². The van der Waals surface area contributed by atoms with Crippen LogP contribution in [0.25, 0.3) is 28.0 Å². The van der Waals surface area contributed by atoms with Crippen LogP contribution in [-0.2, 0) is 39.9 Å². The largest absolute Gasteiger partial charge is 0.744 e. The molecule has 0 aromatic heterocycles. The summed E-state index contributed by atoms with van der Waals surface area (Å²) in [5.74, 6) is -3.55. The van der Waals surface area contributed by atoms with Crippen LogP contribution in [0.5, 0.6) is 0 Å². The summed E-state index contributed by atoms with van der Waals surface area (Å²) in [5, 5.41) is 35.7. The summed E-state index contributed by atoms with van der Waals surface area (Å²) < 4.78 is 111. The number of carboxylic acid groups (broad SMARTS) is 1. The van der Waals surface area contributed by atoms with Gasteiger partial charge in [-0.2, -0.15) is 15.3 Å². The Morgan fingerprint density at radius 1 is 0.625 bits per heavy atom. The minimum Gasteiger partial charge on any atom is -0.744 e. The van der Waals surface area contributed by atoms with Crippen LogP contribution >= 0.6 is 0 Å². The van der Waals surface area contributed by atoms with E-state index in [9.17, 15) is 58.4 Å². The summed E-state index contributed by atoms with van der Waals surface area (Å²) in [6, 6.07) is 24.4. The van der Waals surface area contributed by atoms with Crippen molar-refractivity contribution in [1.29, 1.82) is 0 Å². The molecule has 6 aromatic rings. The maximum Gasteiger partial charge on any atom is 0.215 e. The normalized spacial score (nSPS) is 15.3. The van der Waals surface area contributed by atoms with Gasteiger partial charge in [0.05, 0.1) is 54.8 Å². The third-order valence-corrected chi connectivity index (χ3v) is 13.4. The van der Waals surface area contributed by atoms with Crippen LogP contribution in [0, 0.1) is 6.92 Å². The number of allylic oxidation sites excluding steroid dienone is 4. The van der Waals surface area contributed by atoms with Gasteiger partial charge in [-0.15, -0.1) is 15.3 Å². The van der Waals surface area contributed by atoms with E-state index in [1.807, 2.05) is 0 Å². The van der Waals surface area contributed by atoms with Gasteiger partial charge in [-0.3, -0.25) is 20.4 Å². The van der Waals surface area contributed by atoms with Crippen LogP contribution in [0.1, 0.15) is 21.5 Å². The molecule has 23 nitrogen and oxygen atoms in total. The van der Waals surface area contributed by atoms with Gasteiger partial charge in [0.15, 0.2) is 5.78 Å². The molecule has 0 atom stereocenters. The molecular weight excluding hydrogens is 997 g/mol. The van der Waals surface area contributed by atoms with Crippen molar-refractivity contribution in [2.24, 2.45) is 30.7 Å². The molecule has 0 fully saturated rings. The number of benzene rings is 6. The molecule has 0 spiro atoms. The van der Waals surface area contributed by atoms with Crippen molar-refractivity contribution >= 4 is 122 Å². The average Bonchev–Trinajstić information content (AvgIpc) is 3.33. The molecule has 0 radical (unpaired) electrons. The molecule has 2 aliphatic rings. The number of hydrogen-bond acceptors (Lipinski definition) is 23. The first-order valence-corrected chi connectivity index (χ1v) is 24.6. The lowest BCUT2D eigenvalue weighted by Gasteiger charge is -2.22. The summed E-state index contributed by atoms with van der Waals surface area (Å²) in [7, 11) is -15.9. The summed E-state index contributed by atoms with van der Waals surface area (Å²) in [6.45, 7) is 1.57. The highest BCUT2D eigenvalue weighted by Crippen LogP contribution is 2.42. The number of hydrazone groups is 2. The highest BCUT2D eigenvalue weighted by Gasteiger charge is 2.32. The van der Waals surface area contributed by atoms with E-state index in [0.29, 0.717) is 29.1 Å². The first-order chi connectivity index (χ1) is 34.0. The maximum atomic E-state index is 14.0. The number of anilines is 4. The van der Waals surface area contributed by atoms with Crippen molar-refractivity contribution in [2.75, 3.05) is 22.3 Å². The fourth-order valence-electron chi connectivity index (χ4n) is 7.18. The van der Waals surface area contributed by atoms with Gasteiger partial charge in [-0.25, -0.2) is 25.3 Å². The van der Waals surface area contributed by atoms with Crippen LogP contribution in [0.15, 0.2) is 172 Å². The number of azo groups is 2. The van der Waals surface area contributed by atoms with Crippen LogP contribution < -0.4 is 27.4 Å². The standard InChI is InChI=1S/C46H34N10O13S3/c1-23-18-36(42(48)44(41(23)47)56-50-28-12-8-25(9-13-28)24-6-10-27(11-7-24)49-51-29-14-16-37(57)33(21-29)46(59)60)54-53-35-22-32-26(19-39(35)71(64,65)66)20-40(72(67,68)69)43(45(32)58)55-52-34-15-17-38(70(61,62)63)31-5-3-2-4-30(31)34/h2-22,49,52H,47-48H2,1H3,(H,59,60)(H,61,62,63)(H,64,65,66)(H,67,68,69)/p-4. The molecule has 6 N–H and O–H groups in total. The number of carboxylic acids is 1. The number of nitrogens with two attached hydrogens (primary N) is 2. The summed E-state index contributed by atoms with van der Waals surface area (Å²) in [5.41, 5.74) is 17.6. The fourth-order valence-corrected chi connectivity index (χ4v) is 9.14. The molecule has 0 bridgehead atoms. The Morgan fingerprint density at radius 3 is 1.90 bits per heavy atom.